The van der Waals surface area contributed by atoms with E-state index in [1.54, 1.807) is 0 Å². The highest BCUT2D eigenvalue weighted by atomic mass is 32.2. The van der Waals surface area contributed by atoms with Gasteiger partial charge in [-0.2, -0.15) is 11.8 Å². The van der Waals surface area contributed by atoms with Crippen LogP contribution < -0.4 is 5.32 Å². The van der Waals surface area contributed by atoms with Crippen LogP contribution >= 0.6 is 34.9 Å². The van der Waals surface area contributed by atoms with Gasteiger partial charge in [-0.1, -0.05) is 13.8 Å². The molecule has 19 heavy (non-hydrogen) atoms. The van der Waals surface area contributed by atoms with Crippen molar-refractivity contribution >= 4 is 34.9 Å². The average molecular weight is 317 g/mol. The van der Waals surface area contributed by atoms with E-state index in [1.165, 1.54) is 35.0 Å². The fourth-order valence-electron chi connectivity index (χ4n) is 2.23. The lowest BCUT2D eigenvalue weighted by Gasteiger charge is -2.28. The van der Waals surface area contributed by atoms with Gasteiger partial charge in [-0.05, 0) is 26.3 Å². The highest BCUT2D eigenvalue weighted by Gasteiger charge is 2.29. The van der Waals surface area contributed by atoms with E-state index in [2.05, 4.69) is 55.0 Å². The summed E-state index contributed by atoms with van der Waals surface area (Å²) in [5.41, 5.74) is 1.22. The van der Waals surface area contributed by atoms with Gasteiger partial charge >= 0.3 is 0 Å². The fraction of sp³-hybridized carbons (Fsp3) is 0.786. The number of hydrogen-bond donors (Lipinski definition) is 1. The summed E-state index contributed by atoms with van der Waals surface area (Å²) in [7, 11) is 0. The molecule has 0 saturated carbocycles. The minimum Gasteiger partial charge on any atom is -0.309 e. The van der Waals surface area contributed by atoms with Gasteiger partial charge in [0, 0.05) is 28.2 Å². The van der Waals surface area contributed by atoms with Crippen molar-refractivity contribution < 1.29 is 0 Å². The predicted octanol–water partition coefficient (Wildman–Crippen LogP) is 4.50. The van der Waals surface area contributed by atoms with E-state index >= 15 is 0 Å². The van der Waals surface area contributed by atoms with E-state index in [4.69, 9.17) is 4.98 Å². The zero-order valence-electron chi connectivity index (χ0n) is 12.0. The largest absolute Gasteiger partial charge is 0.309 e. The van der Waals surface area contributed by atoms with Gasteiger partial charge in [-0.3, -0.25) is 0 Å². The second-order valence-corrected chi connectivity index (χ2v) is 8.38. The van der Waals surface area contributed by atoms with E-state index < -0.39 is 0 Å². The Labute approximate surface area is 129 Å². The van der Waals surface area contributed by atoms with E-state index in [-0.39, 0.29) is 0 Å². The standard InChI is InChI=1S/C14H24N2S3/c1-4-6-15-10(3)11-9-19-14(16-11)13-12(5-2)17-7-8-18-13/h9-10,12-13,15H,4-8H2,1-3H3. The van der Waals surface area contributed by atoms with Crippen molar-refractivity contribution in [2.24, 2.45) is 0 Å². The van der Waals surface area contributed by atoms with Crippen LogP contribution in [0.15, 0.2) is 5.38 Å². The van der Waals surface area contributed by atoms with Crippen molar-refractivity contribution in [2.75, 3.05) is 18.1 Å². The maximum absolute atomic E-state index is 4.91. The zero-order chi connectivity index (χ0) is 13.7. The molecule has 1 saturated heterocycles. The molecule has 1 N–H and O–H groups in total. The molecule has 0 aromatic carbocycles. The number of aromatic nitrogens is 1. The summed E-state index contributed by atoms with van der Waals surface area (Å²) in [4.78, 5) is 4.91. The third-order valence-electron chi connectivity index (χ3n) is 3.38. The van der Waals surface area contributed by atoms with Crippen LogP contribution in [-0.4, -0.2) is 28.3 Å². The summed E-state index contributed by atoms with van der Waals surface area (Å²) < 4.78 is 0. The minimum atomic E-state index is 0.381. The van der Waals surface area contributed by atoms with Crippen molar-refractivity contribution in [3.8, 4) is 0 Å². The molecule has 1 aliphatic rings. The molecule has 5 heteroatoms. The van der Waals surface area contributed by atoms with Gasteiger partial charge in [0.25, 0.3) is 0 Å². The van der Waals surface area contributed by atoms with Crippen LogP contribution in [0, 0.1) is 0 Å². The van der Waals surface area contributed by atoms with Gasteiger partial charge in [0.2, 0.25) is 0 Å². The Morgan fingerprint density at radius 2 is 2.16 bits per heavy atom. The molecule has 0 bridgehead atoms. The van der Waals surface area contributed by atoms with Crippen LogP contribution in [0.5, 0.6) is 0 Å². The first-order chi connectivity index (χ1) is 9.26. The molecule has 2 heterocycles. The highest BCUT2D eigenvalue weighted by Crippen LogP contribution is 2.45. The molecule has 2 rings (SSSR count). The average Bonchev–Trinajstić information content (AvgIpc) is 2.94. The molecule has 1 aromatic heterocycles. The van der Waals surface area contributed by atoms with Crippen LogP contribution in [0.25, 0.3) is 0 Å². The van der Waals surface area contributed by atoms with E-state index in [0.717, 1.165) is 11.8 Å². The number of hydrogen-bond acceptors (Lipinski definition) is 5. The van der Waals surface area contributed by atoms with Gasteiger partial charge in [-0.15, -0.1) is 23.1 Å². The molecular formula is C14H24N2S3. The molecule has 1 fully saturated rings. The molecule has 0 radical (unpaired) electrons. The first-order valence-corrected chi connectivity index (χ1v) is 10.2. The summed E-state index contributed by atoms with van der Waals surface area (Å²) in [5.74, 6) is 2.57. The summed E-state index contributed by atoms with van der Waals surface area (Å²) in [6, 6.07) is 0.381. The number of nitrogens with one attached hydrogen (secondary N) is 1. The second-order valence-electron chi connectivity index (χ2n) is 4.90. The van der Waals surface area contributed by atoms with Crippen molar-refractivity contribution in [2.45, 2.75) is 50.2 Å². The third kappa shape index (κ3) is 4.13. The molecular weight excluding hydrogens is 292 g/mol. The summed E-state index contributed by atoms with van der Waals surface area (Å²) in [6.45, 7) is 7.79. The van der Waals surface area contributed by atoms with Crippen molar-refractivity contribution in [3.05, 3.63) is 16.1 Å². The number of thioether (sulfide) groups is 2. The Kier molecular flexibility index (Phi) is 6.53. The molecule has 0 amide bonds. The van der Waals surface area contributed by atoms with E-state index in [1.807, 2.05) is 11.3 Å². The van der Waals surface area contributed by atoms with Crippen molar-refractivity contribution in [1.29, 1.82) is 0 Å². The highest BCUT2D eigenvalue weighted by molar-refractivity contribution is 8.06. The Morgan fingerprint density at radius 1 is 1.37 bits per heavy atom. The number of thiazole rings is 1. The monoisotopic (exact) mass is 316 g/mol. The minimum absolute atomic E-state index is 0.381. The molecule has 2 nitrogen and oxygen atoms in total. The molecule has 108 valence electrons. The first-order valence-electron chi connectivity index (χ1n) is 7.18. The molecule has 3 atom stereocenters. The second kappa shape index (κ2) is 7.91. The third-order valence-corrected chi connectivity index (χ3v) is 7.73. The maximum atomic E-state index is 4.91. The molecule has 0 aliphatic carbocycles. The van der Waals surface area contributed by atoms with Crippen molar-refractivity contribution in [1.82, 2.24) is 10.3 Å². The Hall–Kier alpha value is 0.290. The van der Waals surface area contributed by atoms with Crippen LogP contribution in [0.4, 0.5) is 0 Å². The maximum Gasteiger partial charge on any atom is 0.107 e. The molecule has 0 spiro atoms. The number of rotatable bonds is 6. The Bertz CT molecular complexity index is 381. The van der Waals surface area contributed by atoms with Gasteiger partial charge in [0.05, 0.1) is 10.9 Å². The SMILES string of the molecule is CCCNC(C)c1csc(C2SCCSC2CC)n1. The van der Waals surface area contributed by atoms with Gasteiger partial charge < -0.3 is 5.32 Å². The van der Waals surface area contributed by atoms with E-state index in [9.17, 15) is 0 Å². The van der Waals surface area contributed by atoms with Gasteiger partial charge in [0.1, 0.15) is 5.01 Å². The van der Waals surface area contributed by atoms with Crippen LogP contribution in [-0.2, 0) is 0 Å². The summed E-state index contributed by atoms with van der Waals surface area (Å²) in [5, 5.41) is 8.46. The van der Waals surface area contributed by atoms with Crippen LogP contribution in [0.1, 0.15) is 55.6 Å². The predicted molar refractivity (Wildman–Crippen MR) is 90.6 cm³/mol. The Morgan fingerprint density at radius 3 is 2.89 bits per heavy atom. The van der Waals surface area contributed by atoms with Crippen LogP contribution in [0.2, 0.25) is 0 Å². The summed E-state index contributed by atoms with van der Waals surface area (Å²) in [6.07, 6.45) is 2.43. The fourth-order valence-corrected chi connectivity index (χ4v) is 6.58. The van der Waals surface area contributed by atoms with Crippen LogP contribution in [0.3, 0.4) is 0 Å². The summed E-state index contributed by atoms with van der Waals surface area (Å²) >= 11 is 6.08. The lowest BCUT2D eigenvalue weighted by atomic mass is 10.2. The quantitative estimate of drug-likeness (QED) is 0.835. The lowest BCUT2D eigenvalue weighted by molar-refractivity contribution is 0.559. The first kappa shape index (κ1) is 15.7. The van der Waals surface area contributed by atoms with Gasteiger partial charge in [0.15, 0.2) is 0 Å². The molecule has 3 unspecified atom stereocenters. The van der Waals surface area contributed by atoms with Gasteiger partial charge in [-0.25, -0.2) is 4.98 Å². The normalized spacial score (nSPS) is 25.4. The smallest absolute Gasteiger partial charge is 0.107 e. The zero-order valence-corrected chi connectivity index (χ0v) is 14.5. The topological polar surface area (TPSA) is 24.9 Å². The lowest BCUT2D eigenvalue weighted by Crippen LogP contribution is -2.20. The Balaban J connectivity index is 2.02. The molecule has 1 aliphatic heterocycles. The number of nitrogens with zero attached hydrogens (tertiary/aromatic N) is 1. The molecule has 1 aromatic rings. The van der Waals surface area contributed by atoms with E-state index in [0.29, 0.717) is 11.3 Å². The van der Waals surface area contributed by atoms with Crippen molar-refractivity contribution in [3.63, 3.8) is 0 Å².